The Labute approximate surface area is 199 Å². The van der Waals surface area contributed by atoms with Gasteiger partial charge in [0.05, 0.1) is 0 Å². The Hall–Kier alpha value is -3.20. The molecule has 0 heterocycles. The van der Waals surface area contributed by atoms with E-state index >= 15 is 0 Å². The van der Waals surface area contributed by atoms with Gasteiger partial charge in [-0.25, -0.2) is 0 Å². The summed E-state index contributed by atoms with van der Waals surface area (Å²) >= 11 is 3.97. The summed E-state index contributed by atoms with van der Waals surface area (Å²) in [6.45, 7) is 0. The Morgan fingerprint density at radius 1 is 0.406 bits per heavy atom. The molecule has 0 nitrogen and oxygen atoms in total. The average molecular weight is 492 g/mol. The van der Waals surface area contributed by atoms with Gasteiger partial charge in [0.15, 0.2) is 8.07 Å². The maximum Gasteiger partial charge on any atom is 0.180 e. The predicted molar refractivity (Wildman–Crippen MR) is 143 cm³/mol. The molecule has 0 aliphatic carbocycles. The normalized spacial score (nSPS) is 11.3. The van der Waals surface area contributed by atoms with E-state index in [0.717, 1.165) is 4.47 Å². The molecule has 5 rings (SSSR count). The molecule has 0 saturated carbocycles. The largest absolute Gasteiger partial charge is 0.180 e. The van der Waals surface area contributed by atoms with Gasteiger partial charge in [-0.15, -0.1) is 0 Å². The minimum atomic E-state index is -2.56. The lowest BCUT2D eigenvalue weighted by Gasteiger charge is -2.35. The second-order valence-corrected chi connectivity index (χ2v) is 12.5. The fourth-order valence-corrected chi connectivity index (χ4v) is 10.6. The Bertz CT molecular complexity index is 1200. The summed E-state index contributed by atoms with van der Waals surface area (Å²) in [7, 11) is -2.56. The molecule has 154 valence electrons. The highest BCUT2D eigenvalue weighted by Crippen LogP contribution is 2.23. The van der Waals surface area contributed by atoms with Gasteiger partial charge in [0.2, 0.25) is 0 Å². The van der Waals surface area contributed by atoms with Crippen LogP contribution in [-0.4, -0.2) is 8.07 Å². The molecule has 0 saturated heterocycles. The predicted octanol–water partition coefficient (Wildman–Crippen LogP) is 5.49. The van der Waals surface area contributed by atoms with E-state index in [4.69, 9.17) is 0 Å². The van der Waals surface area contributed by atoms with Crippen molar-refractivity contribution in [1.29, 1.82) is 0 Å². The van der Waals surface area contributed by atoms with Crippen molar-refractivity contribution in [3.63, 3.8) is 0 Å². The molecule has 0 aliphatic heterocycles. The SMILES string of the molecule is Brc1ccc(-c2ccccc2)cc1[Si](c1ccccc1)(c1ccccc1)c1ccccc1. The van der Waals surface area contributed by atoms with Gasteiger partial charge in [-0.1, -0.05) is 149 Å². The van der Waals surface area contributed by atoms with Crippen LogP contribution < -0.4 is 20.7 Å². The number of benzene rings is 5. The minimum Gasteiger partial charge on any atom is -0.0623 e. The average Bonchev–Trinajstić information content (AvgIpc) is 2.88. The number of hydrogen-bond donors (Lipinski definition) is 0. The van der Waals surface area contributed by atoms with E-state index in [9.17, 15) is 0 Å². The fourth-order valence-electron chi connectivity index (χ4n) is 4.65. The standard InChI is InChI=1S/C30H23BrSi/c31-29-22-21-25(24-13-5-1-6-14-24)23-30(29)32(26-15-7-2-8-16-26,27-17-9-3-10-18-27)28-19-11-4-12-20-28/h1-23H. The van der Waals surface area contributed by atoms with Crippen LogP contribution in [0.3, 0.4) is 0 Å². The van der Waals surface area contributed by atoms with Gasteiger partial charge in [-0.3, -0.25) is 0 Å². The van der Waals surface area contributed by atoms with Crippen molar-refractivity contribution in [2.24, 2.45) is 0 Å². The zero-order valence-electron chi connectivity index (χ0n) is 17.7. The van der Waals surface area contributed by atoms with Gasteiger partial charge in [0.25, 0.3) is 0 Å². The maximum atomic E-state index is 3.97. The molecule has 0 aliphatic rings. The van der Waals surface area contributed by atoms with Crippen LogP contribution in [0.1, 0.15) is 0 Å². The molecule has 0 amide bonds. The monoisotopic (exact) mass is 490 g/mol. The molecule has 0 aromatic heterocycles. The molecular formula is C30H23BrSi. The van der Waals surface area contributed by atoms with E-state index in [1.165, 1.54) is 31.9 Å². The second-order valence-electron chi connectivity index (χ2n) is 7.91. The lowest BCUT2D eigenvalue weighted by Crippen LogP contribution is -2.75. The van der Waals surface area contributed by atoms with Gasteiger partial charge >= 0.3 is 0 Å². The summed E-state index contributed by atoms with van der Waals surface area (Å²) in [6, 6.07) is 50.6. The van der Waals surface area contributed by atoms with Gasteiger partial charge in [-0.2, -0.15) is 0 Å². The number of halogens is 1. The van der Waals surface area contributed by atoms with Crippen LogP contribution in [0.5, 0.6) is 0 Å². The zero-order chi connectivity index (χ0) is 21.8. The van der Waals surface area contributed by atoms with Crippen LogP contribution in [-0.2, 0) is 0 Å². The van der Waals surface area contributed by atoms with Gasteiger partial charge in [-0.05, 0) is 37.9 Å². The highest BCUT2D eigenvalue weighted by molar-refractivity contribution is 9.10. The van der Waals surface area contributed by atoms with E-state index in [0.29, 0.717) is 0 Å². The molecule has 0 fully saturated rings. The lowest BCUT2D eigenvalue weighted by atomic mass is 10.1. The van der Waals surface area contributed by atoms with Crippen molar-refractivity contribution in [3.05, 3.63) is 144 Å². The minimum absolute atomic E-state index is 1.15. The van der Waals surface area contributed by atoms with Crippen molar-refractivity contribution in [3.8, 4) is 11.1 Å². The van der Waals surface area contributed by atoms with Crippen LogP contribution in [0.2, 0.25) is 0 Å². The Morgan fingerprint density at radius 3 is 1.25 bits per heavy atom. The van der Waals surface area contributed by atoms with Crippen molar-refractivity contribution >= 4 is 44.8 Å². The van der Waals surface area contributed by atoms with Crippen LogP contribution in [0.4, 0.5) is 0 Å². The van der Waals surface area contributed by atoms with E-state index in [2.05, 4.69) is 155 Å². The topological polar surface area (TPSA) is 0 Å². The Balaban J connectivity index is 1.90. The molecule has 5 aromatic carbocycles. The Morgan fingerprint density at radius 2 is 0.812 bits per heavy atom. The molecule has 32 heavy (non-hydrogen) atoms. The van der Waals surface area contributed by atoms with Gasteiger partial charge in [0.1, 0.15) is 0 Å². The summed E-state index contributed by atoms with van der Waals surface area (Å²) in [5.74, 6) is 0. The molecule has 0 N–H and O–H groups in total. The third kappa shape index (κ3) is 3.66. The third-order valence-electron chi connectivity index (χ3n) is 6.10. The van der Waals surface area contributed by atoms with Crippen LogP contribution >= 0.6 is 15.9 Å². The quantitative estimate of drug-likeness (QED) is 0.225. The first kappa shape index (κ1) is 20.7. The molecule has 0 unspecified atom stereocenters. The van der Waals surface area contributed by atoms with Crippen molar-refractivity contribution < 1.29 is 0 Å². The fraction of sp³-hybridized carbons (Fsp3) is 0. The van der Waals surface area contributed by atoms with Crippen LogP contribution in [0, 0.1) is 0 Å². The smallest absolute Gasteiger partial charge is 0.0623 e. The summed E-state index contributed by atoms with van der Waals surface area (Å²) in [5.41, 5.74) is 2.47. The highest BCUT2D eigenvalue weighted by atomic mass is 79.9. The molecule has 0 atom stereocenters. The molecule has 0 bridgehead atoms. The number of hydrogen-bond acceptors (Lipinski definition) is 0. The van der Waals surface area contributed by atoms with Crippen molar-refractivity contribution in [1.82, 2.24) is 0 Å². The van der Waals surface area contributed by atoms with Gasteiger partial charge in [0, 0.05) is 4.47 Å². The van der Waals surface area contributed by atoms with E-state index in [1.807, 2.05) is 0 Å². The van der Waals surface area contributed by atoms with Crippen LogP contribution in [0.15, 0.2) is 144 Å². The maximum absolute atomic E-state index is 3.97. The molecule has 0 radical (unpaired) electrons. The third-order valence-corrected chi connectivity index (χ3v) is 12.0. The lowest BCUT2D eigenvalue weighted by molar-refractivity contribution is 1.60. The van der Waals surface area contributed by atoms with Crippen LogP contribution in [0.25, 0.3) is 11.1 Å². The first-order chi connectivity index (χ1) is 15.8. The molecule has 5 aromatic rings. The summed E-state index contributed by atoms with van der Waals surface area (Å²) < 4.78 is 1.15. The summed E-state index contributed by atoms with van der Waals surface area (Å²) in [4.78, 5) is 0. The van der Waals surface area contributed by atoms with Crippen molar-refractivity contribution in [2.75, 3.05) is 0 Å². The first-order valence-corrected chi connectivity index (χ1v) is 13.6. The van der Waals surface area contributed by atoms with Gasteiger partial charge < -0.3 is 0 Å². The highest BCUT2D eigenvalue weighted by Gasteiger charge is 2.42. The first-order valence-electron chi connectivity index (χ1n) is 10.8. The molecule has 0 spiro atoms. The number of rotatable bonds is 5. The second kappa shape index (κ2) is 9.11. The van der Waals surface area contributed by atoms with E-state index in [-0.39, 0.29) is 0 Å². The van der Waals surface area contributed by atoms with Crippen molar-refractivity contribution in [2.45, 2.75) is 0 Å². The summed E-state index contributed by atoms with van der Waals surface area (Å²) in [5, 5.41) is 5.50. The summed E-state index contributed by atoms with van der Waals surface area (Å²) in [6.07, 6.45) is 0. The molecule has 2 heteroatoms. The molecular weight excluding hydrogens is 468 g/mol. The Kier molecular flexibility index (Phi) is 5.89. The van der Waals surface area contributed by atoms with E-state index < -0.39 is 8.07 Å². The van der Waals surface area contributed by atoms with E-state index in [1.54, 1.807) is 0 Å². The zero-order valence-corrected chi connectivity index (χ0v) is 20.2.